The van der Waals surface area contributed by atoms with Gasteiger partial charge in [0.15, 0.2) is 0 Å². The average Bonchev–Trinajstić information content (AvgIpc) is 2.90. The van der Waals surface area contributed by atoms with Crippen molar-refractivity contribution >= 4 is 23.3 Å². The molecule has 0 spiro atoms. The van der Waals surface area contributed by atoms with Crippen LogP contribution in [0.4, 0.5) is 0 Å². The maximum atomic E-state index is 3.69. The molecule has 0 radical (unpaired) electrons. The van der Waals surface area contributed by atoms with Crippen LogP contribution < -0.4 is 0 Å². The molecule has 4 rings (SSSR count). The number of aromatic amines is 1. The van der Waals surface area contributed by atoms with Gasteiger partial charge < -0.3 is 9.88 Å². The quantitative estimate of drug-likeness (QED) is 0.633. The van der Waals surface area contributed by atoms with Crippen molar-refractivity contribution in [2.24, 2.45) is 0 Å². The van der Waals surface area contributed by atoms with Crippen molar-refractivity contribution in [2.45, 2.75) is 25.7 Å². The number of aryl methyl sites for hydroxylation is 1. The molecular formula is C21H25ClN2. The van der Waals surface area contributed by atoms with Gasteiger partial charge in [-0.1, -0.05) is 42.5 Å². The van der Waals surface area contributed by atoms with Crippen LogP contribution in [-0.4, -0.2) is 30.0 Å². The minimum Gasteiger partial charge on any atom is -0.358 e. The molecule has 1 aliphatic heterocycles. The summed E-state index contributed by atoms with van der Waals surface area (Å²) >= 11 is 0. The molecule has 0 bridgehead atoms. The zero-order chi connectivity index (χ0) is 15.6. The fourth-order valence-corrected chi connectivity index (χ4v) is 3.81. The molecule has 0 atom stereocenters. The van der Waals surface area contributed by atoms with Crippen LogP contribution in [0.2, 0.25) is 0 Å². The molecular weight excluding hydrogens is 316 g/mol. The summed E-state index contributed by atoms with van der Waals surface area (Å²) in [5, 5.41) is 1.40. The fraction of sp³-hybridized carbons (Fsp3) is 0.333. The molecule has 0 aliphatic carbocycles. The third-order valence-electron chi connectivity index (χ3n) is 5.12. The maximum absolute atomic E-state index is 3.69. The second-order valence-electron chi connectivity index (χ2n) is 6.73. The summed E-state index contributed by atoms with van der Waals surface area (Å²) in [6.07, 6.45) is 4.54. The van der Waals surface area contributed by atoms with Crippen molar-refractivity contribution < 1.29 is 0 Å². The van der Waals surface area contributed by atoms with Crippen molar-refractivity contribution in [2.75, 3.05) is 20.1 Å². The van der Waals surface area contributed by atoms with Crippen molar-refractivity contribution in [1.82, 2.24) is 9.88 Å². The van der Waals surface area contributed by atoms with E-state index in [1.165, 1.54) is 46.3 Å². The number of H-pyrrole nitrogens is 1. The van der Waals surface area contributed by atoms with Gasteiger partial charge in [0.1, 0.15) is 0 Å². The second kappa shape index (κ2) is 7.42. The van der Waals surface area contributed by atoms with E-state index in [9.17, 15) is 0 Å². The molecule has 1 aromatic heterocycles. The molecule has 2 aromatic carbocycles. The third-order valence-corrected chi connectivity index (χ3v) is 5.12. The lowest BCUT2D eigenvalue weighted by molar-refractivity contribution is 0.334. The molecule has 1 N–H and O–H groups in total. The lowest BCUT2D eigenvalue weighted by Gasteiger charge is -2.16. The van der Waals surface area contributed by atoms with E-state index in [0.29, 0.717) is 0 Å². The van der Waals surface area contributed by atoms with Crippen LogP contribution in [0.1, 0.15) is 28.8 Å². The topological polar surface area (TPSA) is 19.0 Å². The normalized spacial score (nSPS) is 15.9. The van der Waals surface area contributed by atoms with E-state index in [2.05, 4.69) is 65.5 Å². The molecule has 2 heterocycles. The number of nitrogens with one attached hydrogen (secondary N) is 1. The molecule has 0 fully saturated rings. The van der Waals surface area contributed by atoms with Crippen LogP contribution in [0, 0.1) is 0 Å². The number of nitrogens with zero attached hydrogens (tertiary/aromatic N) is 1. The molecule has 3 aromatic rings. The largest absolute Gasteiger partial charge is 0.358 e. The Morgan fingerprint density at radius 1 is 0.875 bits per heavy atom. The smallest absolute Gasteiger partial charge is 0.0459 e. The summed E-state index contributed by atoms with van der Waals surface area (Å²) in [7, 11) is 2.25. The minimum absolute atomic E-state index is 0. The van der Waals surface area contributed by atoms with E-state index < -0.39 is 0 Å². The van der Waals surface area contributed by atoms with Crippen molar-refractivity contribution in [1.29, 1.82) is 0 Å². The van der Waals surface area contributed by atoms with Gasteiger partial charge >= 0.3 is 0 Å². The molecule has 0 unspecified atom stereocenters. The van der Waals surface area contributed by atoms with E-state index in [4.69, 9.17) is 0 Å². The Morgan fingerprint density at radius 3 is 2.50 bits per heavy atom. The van der Waals surface area contributed by atoms with E-state index >= 15 is 0 Å². The van der Waals surface area contributed by atoms with Crippen LogP contribution in [-0.2, 0) is 19.3 Å². The second-order valence-corrected chi connectivity index (χ2v) is 6.73. The van der Waals surface area contributed by atoms with Crippen molar-refractivity contribution in [3.05, 3.63) is 70.9 Å². The predicted molar refractivity (Wildman–Crippen MR) is 104 cm³/mol. The summed E-state index contributed by atoms with van der Waals surface area (Å²) in [5.74, 6) is 0. The van der Waals surface area contributed by atoms with E-state index in [0.717, 1.165) is 25.8 Å². The first kappa shape index (κ1) is 17.1. The van der Waals surface area contributed by atoms with Gasteiger partial charge in [-0.05, 0) is 55.6 Å². The number of para-hydroxylation sites is 1. The molecule has 3 heteroatoms. The summed E-state index contributed by atoms with van der Waals surface area (Å²) in [6.45, 7) is 2.31. The number of rotatable bonds is 0. The van der Waals surface area contributed by atoms with Crippen LogP contribution in [0.15, 0.2) is 48.5 Å². The van der Waals surface area contributed by atoms with Gasteiger partial charge in [-0.2, -0.15) is 0 Å². The number of halogens is 1. The Balaban J connectivity index is 0.00000169. The number of fused-ring (bicyclic) bond motifs is 4. The van der Waals surface area contributed by atoms with Gasteiger partial charge in [0.25, 0.3) is 0 Å². The average molecular weight is 341 g/mol. The van der Waals surface area contributed by atoms with Gasteiger partial charge in [0, 0.05) is 29.6 Å². The maximum Gasteiger partial charge on any atom is 0.0459 e. The van der Waals surface area contributed by atoms with Crippen LogP contribution in [0.5, 0.6) is 0 Å². The van der Waals surface area contributed by atoms with E-state index in [1.807, 2.05) is 0 Å². The summed E-state index contributed by atoms with van der Waals surface area (Å²) in [6, 6.07) is 17.7. The Kier molecular flexibility index (Phi) is 5.27. The van der Waals surface area contributed by atoms with Crippen LogP contribution in [0.3, 0.4) is 0 Å². The third kappa shape index (κ3) is 3.35. The Hall–Kier alpha value is -1.77. The highest BCUT2D eigenvalue weighted by molar-refractivity contribution is 5.85. The molecule has 126 valence electrons. The number of likely N-dealkylation sites (N-methyl/N-ethyl adjacent to an activating group) is 1. The van der Waals surface area contributed by atoms with Gasteiger partial charge in [-0.15, -0.1) is 12.4 Å². The summed E-state index contributed by atoms with van der Waals surface area (Å²) < 4.78 is 0. The number of hydrogen-bond donors (Lipinski definition) is 1. The van der Waals surface area contributed by atoms with Gasteiger partial charge in [-0.25, -0.2) is 0 Å². The first-order chi connectivity index (χ1) is 11.3. The molecule has 0 amide bonds. The highest BCUT2D eigenvalue weighted by atomic mass is 35.5. The highest BCUT2D eigenvalue weighted by Crippen LogP contribution is 2.27. The monoisotopic (exact) mass is 340 g/mol. The number of aromatic nitrogens is 1. The zero-order valence-corrected chi connectivity index (χ0v) is 15.0. The lowest BCUT2D eigenvalue weighted by atomic mass is 9.97. The number of hydrogen-bond acceptors (Lipinski definition) is 1. The first-order valence-corrected chi connectivity index (χ1v) is 8.65. The van der Waals surface area contributed by atoms with Crippen molar-refractivity contribution in [3.63, 3.8) is 0 Å². The standard InChI is InChI=1S/C21H24N2.ClH/c1-23-13-6-10-19-18-9-4-5-11-20(18)22-21(19)15-17-8-3-2-7-16(17)12-14-23;/h2-5,7-9,11,22H,6,10,12-15H2,1H3;1H. The van der Waals surface area contributed by atoms with Crippen LogP contribution in [0.25, 0.3) is 10.9 Å². The summed E-state index contributed by atoms with van der Waals surface area (Å²) in [4.78, 5) is 6.16. The number of benzene rings is 2. The fourth-order valence-electron chi connectivity index (χ4n) is 3.81. The lowest BCUT2D eigenvalue weighted by Crippen LogP contribution is -2.22. The molecule has 0 saturated carbocycles. The van der Waals surface area contributed by atoms with Gasteiger partial charge in [0.2, 0.25) is 0 Å². The highest BCUT2D eigenvalue weighted by Gasteiger charge is 2.15. The minimum atomic E-state index is 0. The zero-order valence-electron chi connectivity index (χ0n) is 14.2. The molecule has 0 saturated heterocycles. The van der Waals surface area contributed by atoms with E-state index in [1.54, 1.807) is 0 Å². The van der Waals surface area contributed by atoms with Crippen LogP contribution >= 0.6 is 12.4 Å². The van der Waals surface area contributed by atoms with Crippen molar-refractivity contribution in [3.8, 4) is 0 Å². The SMILES string of the molecule is CN1CCCc2c([nH]c3ccccc23)Cc2ccccc2CC1.Cl. The Labute approximate surface area is 150 Å². The van der Waals surface area contributed by atoms with E-state index in [-0.39, 0.29) is 12.4 Å². The molecule has 1 aliphatic rings. The predicted octanol–water partition coefficient (Wildman–Crippen LogP) is 4.60. The summed E-state index contributed by atoms with van der Waals surface area (Å²) in [5.41, 5.74) is 7.16. The first-order valence-electron chi connectivity index (χ1n) is 8.65. The van der Waals surface area contributed by atoms with Gasteiger partial charge in [0.05, 0.1) is 0 Å². The van der Waals surface area contributed by atoms with Gasteiger partial charge in [-0.3, -0.25) is 0 Å². The Bertz CT molecular complexity index is 822. The molecule has 24 heavy (non-hydrogen) atoms. The molecule has 2 nitrogen and oxygen atoms in total. The Morgan fingerprint density at radius 2 is 1.62 bits per heavy atom.